The quantitative estimate of drug-likeness (QED) is 0.807. The number of piperazine rings is 1. The number of carbonyl (C=O) groups is 1. The fourth-order valence-corrected chi connectivity index (χ4v) is 3.20. The van der Waals surface area contributed by atoms with E-state index in [9.17, 15) is 4.79 Å². The van der Waals surface area contributed by atoms with Crippen molar-refractivity contribution in [2.75, 3.05) is 26.7 Å². The molecule has 1 heterocycles. The van der Waals surface area contributed by atoms with E-state index in [0.29, 0.717) is 0 Å². The molecule has 3 rings (SSSR count). The van der Waals surface area contributed by atoms with Crippen LogP contribution in [0.3, 0.4) is 0 Å². The zero-order valence-electron chi connectivity index (χ0n) is 14.4. The molecule has 3 heteroatoms. The summed E-state index contributed by atoms with van der Waals surface area (Å²) in [6.45, 7) is 4.31. The smallest absolute Gasteiger partial charge is 0.249 e. The first-order chi connectivity index (χ1) is 11.6. The molecule has 1 atom stereocenters. The minimum absolute atomic E-state index is 0.132. The maximum Gasteiger partial charge on any atom is 0.249 e. The molecule has 1 aliphatic rings. The Balaban J connectivity index is 1.75. The number of amides is 1. The zero-order valence-corrected chi connectivity index (χ0v) is 14.4. The number of hydrogen-bond donors (Lipinski definition) is 0. The standard InChI is InChI=1S/C21H24N2O/c1-17(15-18-9-5-3-6-10-18)21(24)23-14-13-22(2)20(16-23)19-11-7-4-8-12-19/h3-12,15,20H,13-14,16H2,1-2H3/b17-15+. The van der Waals surface area contributed by atoms with Gasteiger partial charge in [0.25, 0.3) is 0 Å². The monoisotopic (exact) mass is 320 g/mol. The number of rotatable bonds is 3. The summed E-state index contributed by atoms with van der Waals surface area (Å²) in [7, 11) is 2.13. The first-order valence-electron chi connectivity index (χ1n) is 8.43. The van der Waals surface area contributed by atoms with Gasteiger partial charge in [0, 0.05) is 25.2 Å². The first-order valence-corrected chi connectivity index (χ1v) is 8.43. The maximum absolute atomic E-state index is 12.8. The highest BCUT2D eigenvalue weighted by Crippen LogP contribution is 2.24. The maximum atomic E-state index is 12.8. The fourth-order valence-electron chi connectivity index (χ4n) is 3.20. The molecule has 1 aliphatic heterocycles. The van der Waals surface area contributed by atoms with E-state index in [1.54, 1.807) is 0 Å². The lowest BCUT2D eigenvalue weighted by Gasteiger charge is -2.40. The summed E-state index contributed by atoms with van der Waals surface area (Å²) in [6.07, 6.45) is 1.97. The molecular formula is C21H24N2O. The van der Waals surface area contributed by atoms with Crippen molar-refractivity contribution >= 4 is 12.0 Å². The number of benzene rings is 2. The van der Waals surface area contributed by atoms with Gasteiger partial charge in [0.1, 0.15) is 0 Å². The van der Waals surface area contributed by atoms with Crippen LogP contribution >= 0.6 is 0 Å². The molecule has 0 bridgehead atoms. The van der Waals surface area contributed by atoms with E-state index in [2.05, 4.69) is 36.2 Å². The molecule has 24 heavy (non-hydrogen) atoms. The molecule has 0 saturated carbocycles. The molecule has 1 amide bonds. The average molecular weight is 320 g/mol. The van der Waals surface area contributed by atoms with Crippen LogP contribution in [0.1, 0.15) is 24.1 Å². The van der Waals surface area contributed by atoms with Gasteiger partial charge in [0.15, 0.2) is 0 Å². The van der Waals surface area contributed by atoms with Crippen molar-refractivity contribution in [2.45, 2.75) is 13.0 Å². The van der Waals surface area contributed by atoms with Crippen LogP contribution in [-0.4, -0.2) is 42.4 Å². The van der Waals surface area contributed by atoms with Crippen LogP contribution in [0.4, 0.5) is 0 Å². The van der Waals surface area contributed by atoms with Crippen molar-refractivity contribution in [1.82, 2.24) is 9.80 Å². The number of carbonyl (C=O) groups excluding carboxylic acids is 1. The summed E-state index contributed by atoms with van der Waals surface area (Å²) < 4.78 is 0. The predicted molar refractivity (Wildman–Crippen MR) is 98.5 cm³/mol. The second kappa shape index (κ2) is 7.45. The third-order valence-corrected chi connectivity index (χ3v) is 4.64. The molecule has 124 valence electrons. The van der Waals surface area contributed by atoms with Gasteiger partial charge in [-0.25, -0.2) is 0 Å². The van der Waals surface area contributed by atoms with Gasteiger partial charge < -0.3 is 4.90 Å². The van der Waals surface area contributed by atoms with Gasteiger partial charge in [-0.2, -0.15) is 0 Å². The molecule has 1 saturated heterocycles. The Bertz CT molecular complexity index is 709. The number of likely N-dealkylation sites (N-methyl/N-ethyl adjacent to an activating group) is 1. The normalized spacial score (nSPS) is 19.3. The molecule has 0 spiro atoms. The Morgan fingerprint density at radius 1 is 1.00 bits per heavy atom. The number of nitrogens with zero attached hydrogens (tertiary/aromatic N) is 2. The molecule has 1 unspecified atom stereocenters. The van der Waals surface area contributed by atoms with Crippen LogP contribution in [0.15, 0.2) is 66.2 Å². The van der Waals surface area contributed by atoms with E-state index in [0.717, 1.165) is 30.8 Å². The van der Waals surface area contributed by atoms with Crippen LogP contribution in [-0.2, 0) is 4.79 Å². The van der Waals surface area contributed by atoms with Crippen molar-refractivity contribution in [2.24, 2.45) is 0 Å². The Morgan fingerprint density at radius 3 is 2.29 bits per heavy atom. The SMILES string of the molecule is C/C(=C\c1ccccc1)C(=O)N1CCN(C)C(c2ccccc2)C1. The van der Waals surface area contributed by atoms with Crippen molar-refractivity contribution in [3.63, 3.8) is 0 Å². The van der Waals surface area contributed by atoms with Crippen molar-refractivity contribution in [3.8, 4) is 0 Å². The van der Waals surface area contributed by atoms with E-state index in [1.165, 1.54) is 5.56 Å². The topological polar surface area (TPSA) is 23.6 Å². The molecule has 0 aliphatic carbocycles. The van der Waals surface area contributed by atoms with E-state index in [4.69, 9.17) is 0 Å². The van der Waals surface area contributed by atoms with E-state index in [-0.39, 0.29) is 11.9 Å². The Hall–Kier alpha value is -2.39. The lowest BCUT2D eigenvalue weighted by atomic mass is 10.0. The van der Waals surface area contributed by atoms with Crippen LogP contribution in [0.25, 0.3) is 6.08 Å². The fraction of sp³-hybridized carbons (Fsp3) is 0.286. The summed E-state index contributed by atoms with van der Waals surface area (Å²) in [4.78, 5) is 17.1. The van der Waals surface area contributed by atoms with Gasteiger partial charge >= 0.3 is 0 Å². The van der Waals surface area contributed by atoms with Crippen molar-refractivity contribution < 1.29 is 4.79 Å². The van der Waals surface area contributed by atoms with Crippen molar-refractivity contribution in [1.29, 1.82) is 0 Å². The lowest BCUT2D eigenvalue weighted by molar-refractivity contribution is -0.129. The van der Waals surface area contributed by atoms with Gasteiger partial charge in [-0.05, 0) is 31.2 Å². The Labute approximate surface area is 144 Å². The summed E-state index contributed by atoms with van der Waals surface area (Å²) in [5.41, 5.74) is 3.12. The highest BCUT2D eigenvalue weighted by atomic mass is 16.2. The van der Waals surface area contributed by atoms with Crippen LogP contribution in [0, 0.1) is 0 Å². The minimum atomic E-state index is 0.132. The Morgan fingerprint density at radius 2 is 1.62 bits per heavy atom. The molecule has 1 fully saturated rings. The molecule has 2 aromatic rings. The third-order valence-electron chi connectivity index (χ3n) is 4.64. The van der Waals surface area contributed by atoms with Gasteiger partial charge in [-0.1, -0.05) is 60.7 Å². The highest BCUT2D eigenvalue weighted by Gasteiger charge is 2.28. The highest BCUT2D eigenvalue weighted by molar-refractivity contribution is 5.97. The average Bonchev–Trinajstić information content (AvgIpc) is 2.63. The van der Waals surface area contributed by atoms with Crippen LogP contribution in [0.2, 0.25) is 0 Å². The van der Waals surface area contributed by atoms with Gasteiger partial charge in [-0.15, -0.1) is 0 Å². The van der Waals surface area contributed by atoms with Gasteiger partial charge in [0.05, 0.1) is 6.04 Å². The summed E-state index contributed by atoms with van der Waals surface area (Å²) in [6, 6.07) is 20.7. The molecule has 2 aromatic carbocycles. The van der Waals surface area contributed by atoms with E-state index < -0.39 is 0 Å². The summed E-state index contributed by atoms with van der Waals surface area (Å²) in [5.74, 6) is 0.132. The van der Waals surface area contributed by atoms with Crippen LogP contribution < -0.4 is 0 Å². The zero-order chi connectivity index (χ0) is 16.9. The second-order valence-corrected chi connectivity index (χ2v) is 6.40. The second-order valence-electron chi connectivity index (χ2n) is 6.40. The van der Waals surface area contributed by atoms with E-state index in [1.807, 2.05) is 54.3 Å². The van der Waals surface area contributed by atoms with Crippen molar-refractivity contribution in [3.05, 3.63) is 77.4 Å². The molecule has 0 N–H and O–H groups in total. The molecular weight excluding hydrogens is 296 g/mol. The Kier molecular flexibility index (Phi) is 5.11. The minimum Gasteiger partial charge on any atom is -0.336 e. The summed E-state index contributed by atoms with van der Waals surface area (Å²) in [5, 5.41) is 0. The van der Waals surface area contributed by atoms with E-state index >= 15 is 0 Å². The molecule has 0 radical (unpaired) electrons. The lowest BCUT2D eigenvalue weighted by Crippen LogP contribution is -2.49. The third kappa shape index (κ3) is 3.74. The predicted octanol–water partition coefficient (Wildman–Crippen LogP) is 3.61. The number of hydrogen-bond acceptors (Lipinski definition) is 2. The first kappa shape index (κ1) is 16.5. The largest absolute Gasteiger partial charge is 0.336 e. The van der Waals surface area contributed by atoms with Gasteiger partial charge in [-0.3, -0.25) is 9.69 Å². The summed E-state index contributed by atoms with van der Waals surface area (Å²) >= 11 is 0. The van der Waals surface area contributed by atoms with Crippen LogP contribution in [0.5, 0.6) is 0 Å². The molecule has 3 nitrogen and oxygen atoms in total. The molecule has 0 aromatic heterocycles. The van der Waals surface area contributed by atoms with Gasteiger partial charge in [0.2, 0.25) is 5.91 Å².